The van der Waals surface area contributed by atoms with E-state index in [9.17, 15) is 19.7 Å². The third-order valence-electron chi connectivity index (χ3n) is 7.44. The van der Waals surface area contributed by atoms with Gasteiger partial charge in [-0.3, -0.25) is 9.05 Å². The van der Waals surface area contributed by atoms with Crippen molar-refractivity contribution in [3.05, 3.63) is 60.2 Å². The maximum atomic E-state index is 16.3. The monoisotopic (exact) mass is 645 g/mol. The van der Waals surface area contributed by atoms with Gasteiger partial charge in [-0.2, -0.15) is 10.4 Å². The number of fused-ring (bicyclic) bond motifs is 2. The number of aromatic amines is 1. The Morgan fingerprint density at radius 3 is 2.87 bits per heavy atom. The SMILES string of the molecule is CC(C)OC(=O)OCOP(=O)(NCCc1c[nH]c2ccccc12)OC[C@H]1O[C@@](C#N)(c2ccc3c(N)ncnn23)[C@](C)(F)[C@@H]1O. The van der Waals surface area contributed by atoms with Crippen LogP contribution < -0.4 is 10.8 Å². The number of aliphatic hydroxyl groups is 1. The second-order valence-electron chi connectivity index (χ2n) is 10.7. The maximum Gasteiger partial charge on any atom is 0.510 e. The minimum atomic E-state index is -4.30. The van der Waals surface area contributed by atoms with Crippen LogP contribution in [0, 0.1) is 11.3 Å². The number of hydrogen-bond acceptors (Lipinski definition) is 12. The van der Waals surface area contributed by atoms with Crippen LogP contribution in [0.15, 0.2) is 48.9 Å². The predicted octanol–water partition coefficient (Wildman–Crippen LogP) is 3.49. The molecule has 1 aliphatic heterocycles. The lowest BCUT2D eigenvalue weighted by Gasteiger charge is -2.30. The minimum Gasteiger partial charge on any atom is -0.432 e. The summed E-state index contributed by atoms with van der Waals surface area (Å²) in [7, 11) is -4.30. The molecule has 5 atom stereocenters. The Hall–Kier alpha value is -4.10. The van der Waals surface area contributed by atoms with E-state index in [0.29, 0.717) is 11.9 Å². The summed E-state index contributed by atoms with van der Waals surface area (Å²) in [6.07, 6.45) is -1.59. The molecule has 5 N–H and O–H groups in total. The Kier molecular flexibility index (Phi) is 9.13. The van der Waals surface area contributed by atoms with Crippen LogP contribution in [0.2, 0.25) is 0 Å². The Bertz CT molecular complexity index is 1770. The molecule has 240 valence electrons. The fraction of sp³-hybridized carbons (Fsp3) is 0.429. The van der Waals surface area contributed by atoms with E-state index in [4.69, 9.17) is 29.0 Å². The molecule has 0 saturated carbocycles. The number of anilines is 1. The number of rotatable bonds is 12. The first-order chi connectivity index (χ1) is 21.4. The zero-order chi connectivity index (χ0) is 32.4. The number of ether oxygens (including phenoxy) is 3. The second-order valence-corrected chi connectivity index (χ2v) is 12.6. The molecule has 4 aromatic rings. The fourth-order valence-corrected chi connectivity index (χ4v) is 6.33. The normalized spacial score (nSPS) is 24.6. The van der Waals surface area contributed by atoms with Crippen molar-refractivity contribution in [3.8, 4) is 6.07 Å². The Morgan fingerprint density at radius 2 is 2.11 bits per heavy atom. The van der Waals surface area contributed by atoms with Crippen molar-refractivity contribution in [2.24, 2.45) is 0 Å². The Morgan fingerprint density at radius 1 is 1.33 bits per heavy atom. The highest BCUT2D eigenvalue weighted by atomic mass is 31.2. The van der Waals surface area contributed by atoms with Gasteiger partial charge in [-0.25, -0.2) is 28.3 Å². The number of nitrogens with two attached hydrogens (primary N) is 1. The van der Waals surface area contributed by atoms with Crippen LogP contribution in [0.1, 0.15) is 32.0 Å². The molecule has 1 fully saturated rings. The van der Waals surface area contributed by atoms with Gasteiger partial charge in [0.1, 0.15) is 30.1 Å². The molecule has 0 aliphatic carbocycles. The molecule has 45 heavy (non-hydrogen) atoms. The summed E-state index contributed by atoms with van der Waals surface area (Å²) in [5.74, 6) is 0.0830. The van der Waals surface area contributed by atoms with Crippen LogP contribution in [0.4, 0.5) is 15.0 Å². The first-order valence-electron chi connectivity index (χ1n) is 14.0. The minimum absolute atomic E-state index is 0.0472. The zero-order valence-electron chi connectivity index (χ0n) is 24.7. The number of carbonyl (C=O) groups excluding carboxylic acids is 1. The van der Waals surface area contributed by atoms with Gasteiger partial charge in [0, 0.05) is 23.6 Å². The highest BCUT2D eigenvalue weighted by Crippen LogP contribution is 2.51. The van der Waals surface area contributed by atoms with Gasteiger partial charge in [-0.1, -0.05) is 18.2 Å². The molecule has 0 radical (unpaired) electrons. The van der Waals surface area contributed by atoms with Crippen molar-refractivity contribution in [1.29, 1.82) is 5.26 Å². The first-order valence-corrected chi connectivity index (χ1v) is 15.5. The molecule has 17 heteroatoms. The van der Waals surface area contributed by atoms with E-state index < -0.39 is 56.9 Å². The van der Waals surface area contributed by atoms with E-state index in [2.05, 4.69) is 20.2 Å². The summed E-state index contributed by atoms with van der Waals surface area (Å²) >= 11 is 0. The lowest BCUT2D eigenvalue weighted by Crippen LogP contribution is -2.48. The fourth-order valence-electron chi connectivity index (χ4n) is 5.15. The Balaban J connectivity index is 1.33. The molecule has 1 aliphatic rings. The molecular formula is C28H33FN7O8P. The van der Waals surface area contributed by atoms with Gasteiger partial charge in [-0.15, -0.1) is 0 Å². The number of nitrogens with zero attached hydrogens (tertiary/aromatic N) is 4. The van der Waals surface area contributed by atoms with Crippen LogP contribution in [0.5, 0.6) is 0 Å². The number of carbonyl (C=O) groups is 1. The van der Waals surface area contributed by atoms with E-state index in [0.717, 1.165) is 29.7 Å². The highest BCUT2D eigenvalue weighted by molar-refractivity contribution is 7.51. The van der Waals surface area contributed by atoms with Gasteiger partial charge in [0.2, 0.25) is 12.4 Å². The van der Waals surface area contributed by atoms with Gasteiger partial charge < -0.3 is 30.0 Å². The van der Waals surface area contributed by atoms with Crippen LogP contribution >= 0.6 is 7.75 Å². The Labute approximate surface area is 256 Å². The van der Waals surface area contributed by atoms with E-state index in [1.54, 1.807) is 13.8 Å². The van der Waals surface area contributed by atoms with Gasteiger partial charge in [0.15, 0.2) is 11.5 Å². The summed E-state index contributed by atoms with van der Waals surface area (Å²) in [6, 6.07) is 12.4. The second kappa shape index (κ2) is 12.7. The number of aromatic nitrogens is 4. The van der Waals surface area contributed by atoms with Crippen molar-refractivity contribution in [2.75, 3.05) is 25.7 Å². The maximum absolute atomic E-state index is 16.3. The van der Waals surface area contributed by atoms with Crippen LogP contribution in [0.3, 0.4) is 0 Å². The largest absolute Gasteiger partial charge is 0.510 e. The smallest absolute Gasteiger partial charge is 0.432 e. The van der Waals surface area contributed by atoms with E-state index >= 15 is 4.39 Å². The molecular weight excluding hydrogens is 612 g/mol. The standard InChI is InChI=1S/C28H33FN7O8P/c1-17(2)43-26(38)40-16-42-45(39,35-11-10-18-12-32-20-7-5-4-6-19(18)20)41-13-22-24(37)27(3,29)28(14-30,44-22)23-9-8-21-25(31)33-15-34-36(21)23/h4-9,12,15,17,22,24,32,37H,10-11,13,16H2,1-3H3,(H,35,39)(H2,31,33,34)/t22-,24-,27-,28+,45?/m1/s1. The van der Waals surface area contributed by atoms with Crippen molar-refractivity contribution < 1.29 is 42.1 Å². The van der Waals surface area contributed by atoms with Gasteiger partial charge in [0.05, 0.1) is 18.4 Å². The summed E-state index contributed by atoms with van der Waals surface area (Å²) in [5.41, 5.74) is 2.93. The third kappa shape index (κ3) is 6.23. The van der Waals surface area contributed by atoms with Crippen molar-refractivity contribution in [1.82, 2.24) is 24.7 Å². The third-order valence-corrected chi connectivity index (χ3v) is 8.98. The summed E-state index contributed by atoms with van der Waals surface area (Å²) in [5, 5.41) is 29.0. The van der Waals surface area contributed by atoms with E-state index in [1.165, 1.54) is 16.6 Å². The molecule has 1 aromatic carbocycles. The number of aliphatic hydroxyl groups excluding tert-OH is 1. The number of nitrogen functional groups attached to an aromatic ring is 1. The molecule has 0 bridgehead atoms. The van der Waals surface area contributed by atoms with Crippen LogP contribution in [0.25, 0.3) is 16.4 Å². The molecule has 4 heterocycles. The number of halogens is 1. The topological polar surface area (TPSA) is 208 Å². The van der Waals surface area contributed by atoms with E-state index in [1.807, 2.05) is 36.5 Å². The van der Waals surface area contributed by atoms with E-state index in [-0.39, 0.29) is 18.1 Å². The number of alkyl halides is 1. The molecule has 3 aromatic heterocycles. The van der Waals surface area contributed by atoms with Crippen LogP contribution in [-0.2, 0) is 39.8 Å². The molecule has 0 spiro atoms. The average Bonchev–Trinajstić information content (AvgIpc) is 3.67. The van der Waals surface area contributed by atoms with Crippen molar-refractivity contribution >= 4 is 36.1 Å². The van der Waals surface area contributed by atoms with Gasteiger partial charge in [0.25, 0.3) is 0 Å². The molecule has 1 saturated heterocycles. The number of H-pyrrole nitrogens is 1. The summed E-state index contributed by atoms with van der Waals surface area (Å²) in [6.45, 7) is 2.84. The molecule has 1 unspecified atom stereocenters. The van der Waals surface area contributed by atoms with Crippen molar-refractivity contribution in [2.45, 2.75) is 56.8 Å². The van der Waals surface area contributed by atoms with Crippen LogP contribution in [-0.4, -0.2) is 74.8 Å². The summed E-state index contributed by atoms with van der Waals surface area (Å²) < 4.78 is 57.8. The number of nitriles is 1. The number of nitrogens with one attached hydrogen (secondary N) is 2. The molecule has 5 rings (SSSR count). The highest BCUT2D eigenvalue weighted by Gasteiger charge is 2.67. The number of benzene rings is 1. The molecule has 15 nitrogen and oxygen atoms in total. The lowest BCUT2D eigenvalue weighted by atomic mass is 9.82. The zero-order valence-corrected chi connectivity index (χ0v) is 25.6. The van der Waals surface area contributed by atoms with Gasteiger partial charge >= 0.3 is 13.9 Å². The molecule has 0 amide bonds. The van der Waals surface area contributed by atoms with Crippen molar-refractivity contribution in [3.63, 3.8) is 0 Å². The van der Waals surface area contributed by atoms with Gasteiger partial charge in [-0.05, 0) is 51.0 Å². The first kappa shape index (κ1) is 32.3. The quantitative estimate of drug-likeness (QED) is 0.0989. The number of para-hydroxylation sites is 1. The lowest BCUT2D eigenvalue weighted by molar-refractivity contribution is -0.0719. The summed E-state index contributed by atoms with van der Waals surface area (Å²) in [4.78, 5) is 18.9. The number of hydrogen-bond donors (Lipinski definition) is 4. The predicted molar refractivity (Wildman–Crippen MR) is 157 cm³/mol. The average molecular weight is 646 g/mol.